The largest absolute Gasteiger partial charge is 0.310 e. The number of hydrogen-bond donors (Lipinski definition) is 0. The van der Waals surface area contributed by atoms with Gasteiger partial charge < -0.3 is 4.90 Å². The first kappa shape index (κ1) is 32.0. The molecule has 55 heavy (non-hydrogen) atoms. The van der Waals surface area contributed by atoms with Crippen molar-refractivity contribution in [3.05, 3.63) is 200 Å². The molecule has 0 radical (unpaired) electrons. The molecule has 0 saturated carbocycles. The minimum atomic E-state index is 1.11. The van der Waals surface area contributed by atoms with Crippen LogP contribution in [0.4, 0.5) is 17.1 Å². The Hall–Kier alpha value is -6.52. The minimum absolute atomic E-state index is 1.11. The van der Waals surface area contributed by atoms with Crippen LogP contribution < -0.4 is 4.90 Å². The summed E-state index contributed by atoms with van der Waals surface area (Å²) < 4.78 is 5.33. The van der Waals surface area contributed by atoms with Gasteiger partial charge in [-0.25, -0.2) is 0 Å². The molecule has 11 aromatic rings. The molecule has 3 heteroatoms. The van der Waals surface area contributed by atoms with Gasteiger partial charge in [0.15, 0.2) is 0 Å². The van der Waals surface area contributed by atoms with Crippen LogP contribution >= 0.6 is 22.7 Å². The summed E-state index contributed by atoms with van der Waals surface area (Å²) in [5.41, 5.74) is 10.7. The van der Waals surface area contributed by atoms with Crippen molar-refractivity contribution in [1.82, 2.24) is 0 Å². The van der Waals surface area contributed by atoms with Gasteiger partial charge in [0, 0.05) is 57.3 Å². The second kappa shape index (κ2) is 13.1. The van der Waals surface area contributed by atoms with Gasteiger partial charge in [0.05, 0.1) is 5.69 Å². The van der Waals surface area contributed by atoms with E-state index in [0.29, 0.717) is 0 Å². The summed E-state index contributed by atoms with van der Waals surface area (Å²) in [6, 6.07) is 73.2. The third-order valence-corrected chi connectivity index (χ3v) is 13.3. The van der Waals surface area contributed by atoms with Gasteiger partial charge in [0.25, 0.3) is 0 Å². The van der Waals surface area contributed by atoms with Gasteiger partial charge in [-0.15, -0.1) is 22.7 Å². The fourth-order valence-corrected chi connectivity index (χ4v) is 10.8. The van der Waals surface area contributed by atoms with Crippen LogP contribution in [-0.4, -0.2) is 0 Å². The normalized spacial score (nSPS) is 11.6. The average molecular weight is 736 g/mol. The van der Waals surface area contributed by atoms with Crippen molar-refractivity contribution in [3.63, 3.8) is 0 Å². The molecule has 0 aliphatic heterocycles. The van der Waals surface area contributed by atoms with Gasteiger partial charge in [-0.2, -0.15) is 0 Å². The van der Waals surface area contributed by atoms with Crippen LogP contribution in [0.15, 0.2) is 200 Å². The fraction of sp³-hybridized carbons (Fsp3) is 0. The summed E-state index contributed by atoms with van der Waals surface area (Å²) in [4.78, 5) is 2.41. The van der Waals surface area contributed by atoms with Crippen LogP contribution in [0.25, 0.3) is 84.5 Å². The molecule has 0 saturated heterocycles. The van der Waals surface area contributed by atoms with Crippen LogP contribution in [-0.2, 0) is 0 Å². The predicted octanol–water partition coefficient (Wildman–Crippen LogP) is 16.0. The lowest BCUT2D eigenvalue weighted by molar-refractivity contribution is 1.28. The predicted molar refractivity (Wildman–Crippen MR) is 241 cm³/mol. The Balaban J connectivity index is 1.04. The quantitative estimate of drug-likeness (QED) is 0.164. The van der Waals surface area contributed by atoms with Gasteiger partial charge in [-0.3, -0.25) is 0 Å². The standard InChI is InChI=1S/C52H33NS2/c1-2-12-34(13-3-1)40-15-6-8-21-47(40)53(39-31-26-37(27-32-39)43-19-10-20-45-44-17-7-9-22-48(44)54-51(43)45)38-29-24-36(25-30-38)41-18-11-23-49-50(41)46-33-28-35-14-4-5-16-42(35)52(46)55-49/h1-33H. The van der Waals surface area contributed by atoms with Gasteiger partial charge in [0.1, 0.15) is 0 Å². The van der Waals surface area contributed by atoms with Crippen molar-refractivity contribution in [2.45, 2.75) is 0 Å². The molecule has 0 bridgehead atoms. The summed E-state index contributed by atoms with van der Waals surface area (Å²) in [6.07, 6.45) is 0. The summed E-state index contributed by atoms with van der Waals surface area (Å²) >= 11 is 3.77. The first-order valence-electron chi connectivity index (χ1n) is 18.7. The monoisotopic (exact) mass is 735 g/mol. The minimum Gasteiger partial charge on any atom is -0.310 e. The first-order valence-corrected chi connectivity index (χ1v) is 20.3. The Morgan fingerprint density at radius 3 is 1.69 bits per heavy atom. The molecule has 1 nitrogen and oxygen atoms in total. The average Bonchev–Trinajstić information content (AvgIpc) is 3.84. The van der Waals surface area contributed by atoms with E-state index in [1.165, 1.54) is 84.5 Å². The maximum atomic E-state index is 2.41. The van der Waals surface area contributed by atoms with Crippen molar-refractivity contribution >= 4 is 90.9 Å². The van der Waals surface area contributed by atoms with Gasteiger partial charge in [-0.1, -0.05) is 158 Å². The van der Waals surface area contributed by atoms with Crippen LogP contribution in [0.1, 0.15) is 0 Å². The zero-order valence-corrected chi connectivity index (χ0v) is 31.4. The van der Waals surface area contributed by atoms with E-state index >= 15 is 0 Å². The number of thiophene rings is 2. The highest BCUT2D eigenvalue weighted by molar-refractivity contribution is 7.27. The zero-order chi connectivity index (χ0) is 36.3. The van der Waals surface area contributed by atoms with Crippen molar-refractivity contribution in [1.29, 1.82) is 0 Å². The SMILES string of the molecule is c1ccc(-c2ccccc2N(c2ccc(-c3cccc4c3sc3ccccc34)cc2)c2ccc(-c3cccc4sc5c6ccccc6ccc5c34)cc2)cc1. The molecule has 258 valence electrons. The molecule has 2 aromatic heterocycles. The number of hydrogen-bond acceptors (Lipinski definition) is 3. The lowest BCUT2D eigenvalue weighted by atomic mass is 9.97. The molecule has 0 N–H and O–H groups in total. The van der Waals surface area contributed by atoms with Crippen LogP contribution in [0.3, 0.4) is 0 Å². The smallest absolute Gasteiger partial charge is 0.0540 e. The maximum Gasteiger partial charge on any atom is 0.0540 e. The summed E-state index contributed by atoms with van der Waals surface area (Å²) in [5, 5.41) is 7.90. The number of fused-ring (bicyclic) bond motifs is 8. The molecule has 11 rings (SSSR count). The van der Waals surface area contributed by atoms with E-state index in [4.69, 9.17) is 0 Å². The van der Waals surface area contributed by atoms with Crippen molar-refractivity contribution < 1.29 is 0 Å². The van der Waals surface area contributed by atoms with Crippen molar-refractivity contribution in [2.24, 2.45) is 0 Å². The Morgan fingerprint density at radius 1 is 0.309 bits per heavy atom. The number of nitrogens with zero attached hydrogens (tertiary/aromatic N) is 1. The van der Waals surface area contributed by atoms with E-state index in [1.807, 2.05) is 22.7 Å². The molecule has 0 fully saturated rings. The Kier molecular flexibility index (Phi) is 7.61. The summed E-state index contributed by atoms with van der Waals surface area (Å²) in [6.45, 7) is 0. The Morgan fingerprint density at radius 2 is 0.873 bits per heavy atom. The first-order chi connectivity index (χ1) is 27.3. The topological polar surface area (TPSA) is 3.24 Å². The highest BCUT2D eigenvalue weighted by Crippen LogP contribution is 2.46. The highest BCUT2D eigenvalue weighted by Gasteiger charge is 2.19. The molecule has 0 aliphatic rings. The van der Waals surface area contributed by atoms with Gasteiger partial charge >= 0.3 is 0 Å². The molecule has 0 aliphatic carbocycles. The third kappa shape index (κ3) is 5.35. The lowest BCUT2D eigenvalue weighted by Crippen LogP contribution is -2.11. The van der Waals surface area contributed by atoms with E-state index < -0.39 is 0 Å². The third-order valence-electron chi connectivity index (χ3n) is 10.9. The fourth-order valence-electron chi connectivity index (χ4n) is 8.31. The second-order valence-corrected chi connectivity index (χ2v) is 16.1. The Labute approximate surface area is 327 Å². The summed E-state index contributed by atoms with van der Waals surface area (Å²) in [5.74, 6) is 0. The summed E-state index contributed by atoms with van der Waals surface area (Å²) in [7, 11) is 0. The van der Waals surface area contributed by atoms with E-state index in [1.54, 1.807) is 0 Å². The lowest BCUT2D eigenvalue weighted by Gasteiger charge is -2.28. The number of para-hydroxylation sites is 1. The molecule has 9 aromatic carbocycles. The van der Waals surface area contributed by atoms with E-state index in [2.05, 4.69) is 205 Å². The number of rotatable bonds is 6. The Bertz CT molecular complexity index is 3190. The number of benzene rings is 9. The molecule has 0 spiro atoms. The molecule has 2 heterocycles. The second-order valence-electron chi connectivity index (χ2n) is 14.0. The van der Waals surface area contributed by atoms with E-state index in [0.717, 1.165) is 17.1 Å². The van der Waals surface area contributed by atoms with Crippen LogP contribution in [0, 0.1) is 0 Å². The van der Waals surface area contributed by atoms with Gasteiger partial charge in [-0.05, 0) is 81.1 Å². The van der Waals surface area contributed by atoms with Gasteiger partial charge in [0.2, 0.25) is 0 Å². The molecular formula is C52H33NS2. The van der Waals surface area contributed by atoms with E-state index in [9.17, 15) is 0 Å². The van der Waals surface area contributed by atoms with Crippen molar-refractivity contribution in [2.75, 3.05) is 4.90 Å². The molecule has 0 atom stereocenters. The van der Waals surface area contributed by atoms with E-state index in [-0.39, 0.29) is 0 Å². The van der Waals surface area contributed by atoms with Crippen LogP contribution in [0.2, 0.25) is 0 Å². The molecule has 0 unspecified atom stereocenters. The van der Waals surface area contributed by atoms with Crippen LogP contribution in [0.5, 0.6) is 0 Å². The molecular weight excluding hydrogens is 703 g/mol. The zero-order valence-electron chi connectivity index (χ0n) is 29.8. The highest BCUT2D eigenvalue weighted by atomic mass is 32.1. The van der Waals surface area contributed by atoms with Crippen molar-refractivity contribution in [3.8, 4) is 33.4 Å². The maximum absolute atomic E-state index is 2.41. The molecule has 0 amide bonds. The number of anilines is 3.